The van der Waals surface area contributed by atoms with Crippen LogP contribution in [0.15, 0.2) is 52.5 Å². The monoisotopic (exact) mass is 392 g/mol. The van der Waals surface area contributed by atoms with Gasteiger partial charge >= 0.3 is 0 Å². The first kappa shape index (κ1) is 18.3. The largest absolute Gasteiger partial charge is 0.494 e. The molecule has 2 aliphatic heterocycles. The molecule has 0 atom stereocenters. The van der Waals surface area contributed by atoms with Crippen molar-refractivity contribution in [3.63, 3.8) is 0 Å². The molecule has 1 aromatic heterocycles. The number of carbonyl (C=O) groups excluding carboxylic acids is 1. The van der Waals surface area contributed by atoms with E-state index in [1.807, 2.05) is 56.5 Å². The van der Waals surface area contributed by atoms with Crippen molar-refractivity contribution in [1.29, 1.82) is 5.41 Å². The average Bonchev–Trinajstić information content (AvgIpc) is 3.24. The molecule has 1 N–H and O–H groups in total. The molecule has 142 valence electrons. The number of aromatic nitrogens is 1. The molecule has 0 spiro atoms. The second kappa shape index (κ2) is 7.16. The van der Waals surface area contributed by atoms with Crippen LogP contribution >= 0.6 is 11.8 Å². The molecule has 4 rings (SSSR count). The number of carbonyl (C=O) groups is 1. The number of aliphatic imine (C=N–C) groups is 1. The summed E-state index contributed by atoms with van der Waals surface area (Å²) in [4.78, 5) is 18.2. The molecule has 0 aliphatic carbocycles. The van der Waals surface area contributed by atoms with Gasteiger partial charge in [-0.05, 0) is 68.2 Å². The third-order valence-corrected chi connectivity index (χ3v) is 5.45. The van der Waals surface area contributed by atoms with E-state index in [1.165, 1.54) is 11.8 Å². The number of amides is 1. The maximum atomic E-state index is 12.4. The first-order valence-electron chi connectivity index (χ1n) is 8.98. The number of hydrogen-bond donors (Lipinski definition) is 1. The standard InChI is InChI=1S/C21H20N4O2S/c1-4-27-17-7-5-16(6-8-17)25-13(2)11-15(14(25)3)12-18-19(22)24-9-10-28-21(24)23-20(18)26/h5-12,22H,4H2,1-3H3/b18-12-,22-19?. The summed E-state index contributed by atoms with van der Waals surface area (Å²) in [5, 5.41) is 10.7. The van der Waals surface area contributed by atoms with Crippen molar-refractivity contribution in [2.45, 2.75) is 20.8 Å². The number of amidine groups is 2. The molecule has 0 saturated heterocycles. The van der Waals surface area contributed by atoms with E-state index >= 15 is 0 Å². The van der Waals surface area contributed by atoms with Gasteiger partial charge in [0.25, 0.3) is 5.91 Å². The molecule has 28 heavy (non-hydrogen) atoms. The molecule has 0 saturated carbocycles. The summed E-state index contributed by atoms with van der Waals surface area (Å²) in [6.45, 7) is 6.62. The molecule has 3 heterocycles. The molecule has 2 aliphatic rings. The van der Waals surface area contributed by atoms with Gasteiger partial charge in [0.2, 0.25) is 0 Å². The van der Waals surface area contributed by atoms with Gasteiger partial charge in [0.1, 0.15) is 11.6 Å². The summed E-state index contributed by atoms with van der Waals surface area (Å²) in [6.07, 6.45) is 3.52. The minimum Gasteiger partial charge on any atom is -0.494 e. The van der Waals surface area contributed by atoms with Crippen LogP contribution in [0.25, 0.3) is 11.8 Å². The van der Waals surface area contributed by atoms with Crippen LogP contribution in [0, 0.1) is 19.3 Å². The van der Waals surface area contributed by atoms with Gasteiger partial charge in [0.05, 0.1) is 12.2 Å². The highest BCUT2D eigenvalue weighted by molar-refractivity contribution is 8.16. The fraction of sp³-hybridized carbons (Fsp3) is 0.190. The van der Waals surface area contributed by atoms with Crippen molar-refractivity contribution in [3.8, 4) is 11.4 Å². The van der Waals surface area contributed by atoms with Gasteiger partial charge < -0.3 is 9.30 Å². The van der Waals surface area contributed by atoms with E-state index in [-0.39, 0.29) is 11.7 Å². The Morgan fingerprint density at radius 1 is 1.25 bits per heavy atom. The van der Waals surface area contributed by atoms with Crippen LogP contribution in [-0.2, 0) is 4.79 Å². The zero-order valence-corrected chi connectivity index (χ0v) is 16.7. The van der Waals surface area contributed by atoms with Gasteiger partial charge in [0.15, 0.2) is 5.17 Å². The smallest absolute Gasteiger partial charge is 0.283 e. The molecule has 1 amide bonds. The predicted molar refractivity (Wildman–Crippen MR) is 113 cm³/mol. The maximum Gasteiger partial charge on any atom is 0.283 e. The van der Waals surface area contributed by atoms with Crippen LogP contribution < -0.4 is 4.74 Å². The highest BCUT2D eigenvalue weighted by Gasteiger charge is 2.31. The second-order valence-corrected chi connectivity index (χ2v) is 7.34. The van der Waals surface area contributed by atoms with Gasteiger partial charge in [-0.3, -0.25) is 15.1 Å². The summed E-state index contributed by atoms with van der Waals surface area (Å²) in [5.41, 5.74) is 4.25. The summed E-state index contributed by atoms with van der Waals surface area (Å²) in [6, 6.07) is 9.94. The Morgan fingerprint density at radius 3 is 2.71 bits per heavy atom. The maximum absolute atomic E-state index is 12.4. The summed E-state index contributed by atoms with van der Waals surface area (Å²) >= 11 is 1.35. The number of rotatable bonds is 4. The predicted octanol–water partition coefficient (Wildman–Crippen LogP) is 4.27. The zero-order valence-electron chi connectivity index (χ0n) is 15.9. The SMILES string of the molecule is CCOc1ccc(-n2c(C)cc(/C=C3/C(=N)N4C=CSC4=NC3=O)c2C)cc1. The van der Waals surface area contributed by atoms with Crippen molar-refractivity contribution in [2.75, 3.05) is 6.61 Å². The fourth-order valence-corrected chi connectivity index (χ4v) is 4.08. The third kappa shape index (κ3) is 3.07. The normalized spacial score (nSPS) is 17.3. The van der Waals surface area contributed by atoms with Gasteiger partial charge in [0, 0.05) is 23.3 Å². The van der Waals surface area contributed by atoms with Crippen LogP contribution in [0.3, 0.4) is 0 Å². The molecule has 1 aromatic carbocycles. The molecular weight excluding hydrogens is 372 g/mol. The summed E-state index contributed by atoms with van der Waals surface area (Å²) in [7, 11) is 0. The van der Waals surface area contributed by atoms with E-state index in [2.05, 4.69) is 9.56 Å². The van der Waals surface area contributed by atoms with Gasteiger partial charge in [-0.15, -0.1) is 0 Å². The fourth-order valence-electron chi connectivity index (χ4n) is 3.38. The third-order valence-electron chi connectivity index (χ3n) is 4.69. The highest BCUT2D eigenvalue weighted by atomic mass is 32.2. The van der Waals surface area contributed by atoms with Crippen molar-refractivity contribution in [1.82, 2.24) is 9.47 Å². The molecule has 0 fully saturated rings. The molecule has 6 nitrogen and oxygen atoms in total. The molecule has 0 unspecified atom stereocenters. The number of aryl methyl sites for hydroxylation is 1. The van der Waals surface area contributed by atoms with Crippen molar-refractivity contribution in [3.05, 3.63) is 64.5 Å². The molecule has 0 bridgehead atoms. The van der Waals surface area contributed by atoms with E-state index < -0.39 is 0 Å². The zero-order chi connectivity index (χ0) is 19.8. The number of hydrogen-bond acceptors (Lipinski definition) is 4. The lowest BCUT2D eigenvalue weighted by Gasteiger charge is -2.22. The van der Waals surface area contributed by atoms with Crippen molar-refractivity contribution in [2.24, 2.45) is 4.99 Å². The molecule has 0 radical (unpaired) electrons. The quantitative estimate of drug-likeness (QED) is 0.789. The molecular formula is C21H20N4O2S. The lowest BCUT2D eigenvalue weighted by Crippen LogP contribution is -2.35. The van der Waals surface area contributed by atoms with E-state index in [9.17, 15) is 4.79 Å². The Bertz CT molecular complexity index is 1060. The Labute approximate surface area is 167 Å². The minimum absolute atomic E-state index is 0.155. The van der Waals surface area contributed by atoms with Crippen LogP contribution in [0.4, 0.5) is 0 Å². The Kier molecular flexibility index (Phi) is 4.68. The van der Waals surface area contributed by atoms with Crippen LogP contribution in [0.5, 0.6) is 5.75 Å². The van der Waals surface area contributed by atoms with Crippen LogP contribution in [-0.4, -0.2) is 33.0 Å². The Hall–Kier alpha value is -3.06. The van der Waals surface area contributed by atoms with Crippen molar-refractivity contribution < 1.29 is 9.53 Å². The van der Waals surface area contributed by atoms with Gasteiger partial charge in [-0.2, -0.15) is 4.99 Å². The number of ether oxygens (including phenoxy) is 1. The summed E-state index contributed by atoms with van der Waals surface area (Å²) < 4.78 is 7.64. The van der Waals surface area contributed by atoms with Gasteiger partial charge in [-0.25, -0.2) is 0 Å². The first-order chi connectivity index (χ1) is 13.5. The Morgan fingerprint density at radius 2 is 2.00 bits per heavy atom. The summed E-state index contributed by atoms with van der Waals surface area (Å²) in [5.74, 6) is 0.614. The Balaban J connectivity index is 1.71. The number of nitrogens with zero attached hydrogens (tertiary/aromatic N) is 3. The number of fused-ring (bicyclic) bond motifs is 1. The van der Waals surface area contributed by atoms with Gasteiger partial charge in [-0.1, -0.05) is 11.8 Å². The van der Waals surface area contributed by atoms with E-state index in [4.69, 9.17) is 10.1 Å². The van der Waals surface area contributed by atoms with E-state index in [0.29, 0.717) is 17.3 Å². The van der Waals surface area contributed by atoms with E-state index in [1.54, 1.807) is 17.2 Å². The molecule has 2 aromatic rings. The molecule has 7 heteroatoms. The minimum atomic E-state index is -0.377. The highest BCUT2D eigenvalue weighted by Crippen LogP contribution is 2.29. The lowest BCUT2D eigenvalue weighted by atomic mass is 10.1. The number of benzene rings is 1. The number of nitrogens with one attached hydrogen (secondary N) is 1. The first-order valence-corrected chi connectivity index (χ1v) is 9.86. The van der Waals surface area contributed by atoms with Crippen molar-refractivity contribution >= 4 is 34.7 Å². The van der Waals surface area contributed by atoms with E-state index in [0.717, 1.165) is 28.4 Å². The van der Waals surface area contributed by atoms with Crippen LogP contribution in [0.2, 0.25) is 0 Å². The lowest BCUT2D eigenvalue weighted by molar-refractivity contribution is -0.114. The second-order valence-electron chi connectivity index (χ2n) is 6.47. The van der Waals surface area contributed by atoms with Crippen LogP contribution in [0.1, 0.15) is 23.9 Å². The average molecular weight is 392 g/mol. The topological polar surface area (TPSA) is 70.7 Å². The number of thioether (sulfide) groups is 1.